The molecule has 2 heteroatoms. The van der Waals surface area contributed by atoms with Crippen LogP contribution in [-0.2, 0) is 9.53 Å². The van der Waals surface area contributed by atoms with Crippen LogP contribution in [0.1, 0.15) is 46.0 Å². The maximum Gasteiger partial charge on any atom is 0.302 e. The Kier molecular flexibility index (Phi) is 8.73. The summed E-state index contributed by atoms with van der Waals surface area (Å²) in [5, 5.41) is 0. The van der Waals surface area contributed by atoms with E-state index < -0.39 is 0 Å². The Labute approximate surface area is 81.0 Å². The number of rotatable bonds is 7. The van der Waals surface area contributed by atoms with Gasteiger partial charge in [-0.3, -0.25) is 4.79 Å². The number of unbranched alkanes of at least 4 members (excludes halogenated alkanes) is 3. The van der Waals surface area contributed by atoms with E-state index >= 15 is 0 Å². The van der Waals surface area contributed by atoms with Gasteiger partial charge < -0.3 is 4.74 Å². The second-order valence-electron chi connectivity index (χ2n) is 3.07. The number of carbonyl (C=O) groups excluding carboxylic acids is 1. The highest BCUT2D eigenvalue weighted by atomic mass is 16.5. The molecule has 0 rings (SSSR count). The zero-order valence-corrected chi connectivity index (χ0v) is 8.71. The van der Waals surface area contributed by atoms with Crippen molar-refractivity contribution in [1.82, 2.24) is 0 Å². The van der Waals surface area contributed by atoms with Crippen molar-refractivity contribution in [3.8, 4) is 0 Å². The Morgan fingerprint density at radius 1 is 1.23 bits per heavy atom. The normalized spacial score (nSPS) is 10.6. The maximum atomic E-state index is 10.4. The van der Waals surface area contributed by atoms with E-state index in [1.54, 1.807) is 0 Å². The molecule has 0 heterocycles. The van der Waals surface area contributed by atoms with E-state index in [1.807, 2.05) is 0 Å². The van der Waals surface area contributed by atoms with E-state index in [1.165, 1.54) is 13.3 Å². The van der Waals surface area contributed by atoms with Crippen LogP contribution < -0.4 is 0 Å². The van der Waals surface area contributed by atoms with Crippen LogP contribution in [0.4, 0.5) is 0 Å². The Hall–Kier alpha value is -0.790. The van der Waals surface area contributed by atoms with E-state index in [4.69, 9.17) is 4.74 Å². The smallest absolute Gasteiger partial charge is 0.302 e. The van der Waals surface area contributed by atoms with Gasteiger partial charge in [0.25, 0.3) is 0 Å². The third-order valence-corrected chi connectivity index (χ3v) is 1.72. The minimum absolute atomic E-state index is 0.175. The van der Waals surface area contributed by atoms with Crippen molar-refractivity contribution in [2.75, 3.05) is 6.61 Å². The van der Waals surface area contributed by atoms with Gasteiger partial charge in [0, 0.05) is 6.92 Å². The number of allylic oxidation sites excluding steroid dienone is 2. The maximum absolute atomic E-state index is 10.4. The summed E-state index contributed by atoms with van der Waals surface area (Å²) in [5.74, 6) is -0.175. The highest BCUT2D eigenvalue weighted by Crippen LogP contribution is 2.01. The molecule has 0 fully saturated rings. The molecule has 0 aliphatic rings. The first kappa shape index (κ1) is 12.2. The van der Waals surface area contributed by atoms with Gasteiger partial charge in [-0.05, 0) is 32.1 Å². The summed E-state index contributed by atoms with van der Waals surface area (Å²) in [4.78, 5) is 10.4. The number of hydrogen-bond donors (Lipinski definition) is 0. The lowest BCUT2D eigenvalue weighted by molar-refractivity contribution is -0.141. The number of ether oxygens (including phenoxy) is 1. The lowest BCUT2D eigenvalue weighted by Gasteiger charge is -2.00. The first-order chi connectivity index (χ1) is 6.27. The van der Waals surface area contributed by atoms with Crippen molar-refractivity contribution in [3.63, 3.8) is 0 Å². The fourth-order valence-corrected chi connectivity index (χ4v) is 1.04. The summed E-state index contributed by atoms with van der Waals surface area (Å²) in [7, 11) is 0. The molecule has 0 amide bonds. The summed E-state index contributed by atoms with van der Waals surface area (Å²) >= 11 is 0. The van der Waals surface area contributed by atoms with Gasteiger partial charge in [-0.2, -0.15) is 0 Å². The Morgan fingerprint density at radius 2 is 2.00 bits per heavy atom. The van der Waals surface area contributed by atoms with Crippen LogP contribution in [0.5, 0.6) is 0 Å². The lowest BCUT2D eigenvalue weighted by atomic mass is 10.2. The molecule has 0 aliphatic carbocycles. The van der Waals surface area contributed by atoms with E-state index in [9.17, 15) is 4.79 Å². The Balaban J connectivity index is 2.99. The minimum Gasteiger partial charge on any atom is -0.466 e. The standard InChI is InChI=1S/C11H20O2/c1-3-4-5-6-7-8-9-10-13-11(2)12/h4-5H,3,6-10H2,1-2H3. The predicted molar refractivity (Wildman–Crippen MR) is 54.5 cm³/mol. The molecule has 13 heavy (non-hydrogen) atoms. The molecular weight excluding hydrogens is 164 g/mol. The average Bonchev–Trinajstić information content (AvgIpc) is 2.09. The van der Waals surface area contributed by atoms with Crippen LogP contribution in [0.3, 0.4) is 0 Å². The van der Waals surface area contributed by atoms with Crippen LogP contribution >= 0.6 is 0 Å². The summed E-state index contributed by atoms with van der Waals surface area (Å²) in [5.41, 5.74) is 0. The van der Waals surface area contributed by atoms with Crippen molar-refractivity contribution in [1.29, 1.82) is 0 Å². The molecule has 0 aromatic heterocycles. The van der Waals surface area contributed by atoms with Gasteiger partial charge in [0.15, 0.2) is 0 Å². The summed E-state index contributed by atoms with van der Waals surface area (Å²) in [6.45, 7) is 4.16. The van der Waals surface area contributed by atoms with Gasteiger partial charge in [0.2, 0.25) is 0 Å². The monoisotopic (exact) mass is 184 g/mol. The van der Waals surface area contributed by atoms with Gasteiger partial charge in [-0.1, -0.05) is 19.1 Å². The van der Waals surface area contributed by atoms with Gasteiger partial charge in [-0.15, -0.1) is 0 Å². The fraction of sp³-hybridized carbons (Fsp3) is 0.727. The van der Waals surface area contributed by atoms with E-state index in [2.05, 4.69) is 19.1 Å². The summed E-state index contributed by atoms with van der Waals surface area (Å²) < 4.78 is 4.81. The van der Waals surface area contributed by atoms with E-state index in [0.717, 1.165) is 25.7 Å². The first-order valence-corrected chi connectivity index (χ1v) is 5.05. The molecule has 76 valence electrons. The molecule has 0 N–H and O–H groups in total. The van der Waals surface area contributed by atoms with Gasteiger partial charge in [-0.25, -0.2) is 0 Å². The lowest BCUT2D eigenvalue weighted by Crippen LogP contribution is -1.99. The van der Waals surface area contributed by atoms with Crippen LogP contribution in [0.15, 0.2) is 12.2 Å². The minimum atomic E-state index is -0.175. The van der Waals surface area contributed by atoms with Crippen LogP contribution in [0.2, 0.25) is 0 Å². The van der Waals surface area contributed by atoms with E-state index in [0.29, 0.717) is 6.61 Å². The molecule has 0 unspecified atom stereocenters. The highest BCUT2D eigenvalue weighted by molar-refractivity contribution is 5.65. The summed E-state index contributed by atoms with van der Waals surface area (Å²) in [6.07, 6.45) is 9.98. The zero-order valence-electron chi connectivity index (χ0n) is 8.71. The Bertz CT molecular complexity index is 150. The van der Waals surface area contributed by atoms with Gasteiger partial charge in [0.1, 0.15) is 0 Å². The molecule has 0 radical (unpaired) electrons. The molecule has 0 atom stereocenters. The Morgan fingerprint density at radius 3 is 2.62 bits per heavy atom. The quantitative estimate of drug-likeness (QED) is 0.345. The second kappa shape index (κ2) is 9.30. The van der Waals surface area contributed by atoms with Gasteiger partial charge >= 0.3 is 5.97 Å². The molecule has 0 saturated carbocycles. The van der Waals surface area contributed by atoms with Crippen molar-refractivity contribution in [2.45, 2.75) is 46.0 Å². The molecule has 0 bridgehead atoms. The molecule has 0 aliphatic heterocycles. The van der Waals surface area contributed by atoms with Crippen LogP contribution in [-0.4, -0.2) is 12.6 Å². The molecule has 0 aromatic carbocycles. The number of esters is 1. The predicted octanol–water partition coefficient (Wildman–Crippen LogP) is 3.08. The van der Waals surface area contributed by atoms with Crippen LogP contribution in [0.25, 0.3) is 0 Å². The third kappa shape index (κ3) is 11.2. The molecule has 0 spiro atoms. The van der Waals surface area contributed by atoms with Crippen molar-refractivity contribution in [2.24, 2.45) is 0 Å². The summed E-state index contributed by atoms with van der Waals surface area (Å²) in [6, 6.07) is 0. The molecule has 0 saturated heterocycles. The molecule has 0 aromatic rings. The number of hydrogen-bond acceptors (Lipinski definition) is 2. The van der Waals surface area contributed by atoms with Crippen molar-refractivity contribution >= 4 is 5.97 Å². The van der Waals surface area contributed by atoms with Gasteiger partial charge in [0.05, 0.1) is 6.61 Å². The average molecular weight is 184 g/mol. The van der Waals surface area contributed by atoms with Crippen molar-refractivity contribution < 1.29 is 9.53 Å². The zero-order chi connectivity index (χ0) is 9.94. The van der Waals surface area contributed by atoms with E-state index in [-0.39, 0.29) is 5.97 Å². The van der Waals surface area contributed by atoms with Crippen molar-refractivity contribution in [3.05, 3.63) is 12.2 Å². The largest absolute Gasteiger partial charge is 0.466 e. The molecule has 2 nitrogen and oxygen atoms in total. The van der Waals surface area contributed by atoms with Crippen LogP contribution in [0, 0.1) is 0 Å². The topological polar surface area (TPSA) is 26.3 Å². The second-order valence-corrected chi connectivity index (χ2v) is 3.07. The number of carbonyl (C=O) groups is 1. The SMILES string of the molecule is CCC=CCCCCCOC(C)=O. The molecular formula is C11H20O2. The first-order valence-electron chi connectivity index (χ1n) is 5.05. The third-order valence-electron chi connectivity index (χ3n) is 1.72. The highest BCUT2D eigenvalue weighted by Gasteiger charge is 1.91. The fourth-order valence-electron chi connectivity index (χ4n) is 1.04.